The Labute approximate surface area is 148 Å². The van der Waals surface area contributed by atoms with Gasteiger partial charge in [0.1, 0.15) is 5.82 Å². The highest BCUT2D eigenvalue weighted by molar-refractivity contribution is 5.77. The molecule has 2 aliphatic heterocycles. The number of nitrogens with two attached hydrogens (primary N) is 1. The molecule has 25 heavy (non-hydrogen) atoms. The second kappa shape index (κ2) is 8.64. The van der Waals surface area contributed by atoms with Gasteiger partial charge in [0, 0.05) is 33.1 Å². The van der Waals surface area contributed by atoms with E-state index in [1.165, 1.54) is 0 Å². The minimum Gasteiger partial charge on any atom is -0.382 e. The molecule has 0 aliphatic carbocycles. The molecule has 2 atom stereocenters. The van der Waals surface area contributed by atoms with Gasteiger partial charge in [-0.2, -0.15) is 5.10 Å². The molecule has 8 heteroatoms. The quantitative estimate of drug-likeness (QED) is 0.775. The topological polar surface area (TPSA) is 91.8 Å². The van der Waals surface area contributed by atoms with Crippen molar-refractivity contribution >= 4 is 11.7 Å². The number of carbonyl (C=O) groups is 1. The van der Waals surface area contributed by atoms with Gasteiger partial charge >= 0.3 is 0 Å². The van der Waals surface area contributed by atoms with Crippen LogP contribution in [-0.4, -0.2) is 72.3 Å². The second-order valence-electron chi connectivity index (χ2n) is 6.69. The summed E-state index contributed by atoms with van der Waals surface area (Å²) < 4.78 is 18.4. The van der Waals surface area contributed by atoms with Crippen LogP contribution >= 0.6 is 0 Å². The van der Waals surface area contributed by atoms with Crippen LogP contribution in [0.25, 0.3) is 0 Å². The molecule has 8 nitrogen and oxygen atoms in total. The largest absolute Gasteiger partial charge is 0.382 e. The highest BCUT2D eigenvalue weighted by atomic mass is 16.5. The summed E-state index contributed by atoms with van der Waals surface area (Å²) >= 11 is 0. The fourth-order valence-corrected chi connectivity index (χ4v) is 3.52. The smallest absolute Gasteiger partial charge is 0.225 e. The fourth-order valence-electron chi connectivity index (χ4n) is 3.52. The zero-order valence-corrected chi connectivity index (χ0v) is 14.8. The lowest BCUT2D eigenvalue weighted by molar-refractivity contribution is -0.134. The van der Waals surface area contributed by atoms with Gasteiger partial charge in [0.15, 0.2) is 0 Å². The molecule has 0 radical (unpaired) electrons. The first-order valence-corrected chi connectivity index (χ1v) is 8.96. The number of ether oxygens (including phenoxy) is 3. The van der Waals surface area contributed by atoms with Crippen molar-refractivity contribution in [2.24, 2.45) is 0 Å². The van der Waals surface area contributed by atoms with Crippen LogP contribution < -0.4 is 5.73 Å². The molecule has 140 valence electrons. The van der Waals surface area contributed by atoms with Gasteiger partial charge < -0.3 is 24.8 Å². The number of hydrogen-bond acceptors (Lipinski definition) is 6. The third-order valence-corrected chi connectivity index (χ3v) is 4.93. The third kappa shape index (κ3) is 4.93. The standard InChI is InChI=1S/C17H28N4O4/c1-23-15-10-13(11-20-6-2-16(18)19-20)21(12-15)17(22)5-9-25-14-3-7-24-8-4-14/h2,6,13-15H,3-5,7-12H2,1H3,(H2,18,19)/t13-,15-/m0/s1. The van der Waals surface area contributed by atoms with Crippen molar-refractivity contribution in [2.75, 3.05) is 39.2 Å². The summed E-state index contributed by atoms with van der Waals surface area (Å²) in [5.74, 6) is 0.598. The number of rotatable bonds is 7. The van der Waals surface area contributed by atoms with Crippen molar-refractivity contribution in [3.05, 3.63) is 12.3 Å². The molecule has 1 aromatic heterocycles. The number of nitrogens with zero attached hydrogens (tertiary/aromatic N) is 3. The predicted octanol–water partition coefficient (Wildman–Crippen LogP) is 0.667. The Morgan fingerprint density at radius 1 is 1.40 bits per heavy atom. The number of amides is 1. The summed E-state index contributed by atoms with van der Waals surface area (Å²) in [5, 5.41) is 4.22. The van der Waals surface area contributed by atoms with E-state index in [2.05, 4.69) is 5.10 Å². The van der Waals surface area contributed by atoms with Crippen LogP contribution in [0.5, 0.6) is 0 Å². The van der Waals surface area contributed by atoms with Gasteiger partial charge in [0.25, 0.3) is 0 Å². The van der Waals surface area contributed by atoms with Crippen molar-refractivity contribution in [3.8, 4) is 0 Å². The molecule has 2 N–H and O–H groups in total. The van der Waals surface area contributed by atoms with Crippen LogP contribution in [0.3, 0.4) is 0 Å². The molecule has 3 rings (SSSR count). The average molecular weight is 352 g/mol. The van der Waals surface area contributed by atoms with E-state index in [1.807, 2.05) is 11.1 Å². The fraction of sp³-hybridized carbons (Fsp3) is 0.765. The van der Waals surface area contributed by atoms with Crippen molar-refractivity contribution in [2.45, 2.75) is 50.5 Å². The van der Waals surface area contributed by atoms with Crippen LogP contribution in [0.2, 0.25) is 0 Å². The van der Waals surface area contributed by atoms with E-state index in [4.69, 9.17) is 19.9 Å². The molecule has 0 bridgehead atoms. The van der Waals surface area contributed by atoms with Gasteiger partial charge in [0.2, 0.25) is 5.91 Å². The molecule has 1 aromatic rings. The van der Waals surface area contributed by atoms with Crippen LogP contribution in [0.15, 0.2) is 12.3 Å². The molecular weight excluding hydrogens is 324 g/mol. The van der Waals surface area contributed by atoms with Crippen molar-refractivity contribution < 1.29 is 19.0 Å². The maximum atomic E-state index is 12.7. The molecule has 0 aromatic carbocycles. The minimum atomic E-state index is 0.0678. The van der Waals surface area contributed by atoms with E-state index in [-0.39, 0.29) is 24.2 Å². The molecule has 1 amide bonds. The number of carbonyl (C=O) groups excluding carboxylic acids is 1. The normalized spacial score (nSPS) is 24.8. The Kier molecular flexibility index (Phi) is 6.28. The van der Waals surface area contributed by atoms with E-state index in [1.54, 1.807) is 17.9 Å². The maximum Gasteiger partial charge on any atom is 0.225 e. The van der Waals surface area contributed by atoms with Gasteiger partial charge in [-0.25, -0.2) is 0 Å². The minimum absolute atomic E-state index is 0.0678. The van der Waals surface area contributed by atoms with Gasteiger partial charge in [-0.1, -0.05) is 0 Å². The van der Waals surface area contributed by atoms with Crippen LogP contribution in [0, 0.1) is 0 Å². The van der Waals surface area contributed by atoms with E-state index < -0.39 is 0 Å². The molecule has 2 aliphatic rings. The van der Waals surface area contributed by atoms with Crippen LogP contribution in [-0.2, 0) is 25.5 Å². The summed E-state index contributed by atoms with van der Waals surface area (Å²) in [7, 11) is 1.69. The average Bonchev–Trinajstić information content (AvgIpc) is 3.22. The van der Waals surface area contributed by atoms with Crippen molar-refractivity contribution in [3.63, 3.8) is 0 Å². The summed E-state index contributed by atoms with van der Waals surface area (Å²) in [6, 6.07) is 1.83. The number of likely N-dealkylation sites (tertiary alicyclic amines) is 1. The Balaban J connectivity index is 1.50. The summed E-state index contributed by atoms with van der Waals surface area (Å²) in [6.07, 6.45) is 5.15. The highest BCUT2D eigenvalue weighted by Crippen LogP contribution is 2.23. The predicted molar refractivity (Wildman–Crippen MR) is 92.0 cm³/mol. The van der Waals surface area contributed by atoms with Crippen LogP contribution in [0.1, 0.15) is 25.7 Å². The van der Waals surface area contributed by atoms with Gasteiger partial charge in [0.05, 0.1) is 37.8 Å². The summed E-state index contributed by atoms with van der Waals surface area (Å²) in [6.45, 7) is 3.20. The zero-order chi connectivity index (χ0) is 17.6. The Morgan fingerprint density at radius 2 is 2.20 bits per heavy atom. The van der Waals surface area contributed by atoms with E-state index in [0.29, 0.717) is 31.9 Å². The highest BCUT2D eigenvalue weighted by Gasteiger charge is 2.35. The zero-order valence-electron chi connectivity index (χ0n) is 14.8. The molecule has 3 heterocycles. The second-order valence-corrected chi connectivity index (χ2v) is 6.69. The number of anilines is 1. The lowest BCUT2D eigenvalue weighted by atomic mass is 10.1. The maximum absolute atomic E-state index is 12.7. The van der Waals surface area contributed by atoms with Crippen LogP contribution in [0.4, 0.5) is 5.82 Å². The van der Waals surface area contributed by atoms with Gasteiger partial charge in [-0.05, 0) is 25.3 Å². The number of nitrogen functional groups attached to an aromatic ring is 1. The summed E-state index contributed by atoms with van der Waals surface area (Å²) in [4.78, 5) is 14.6. The van der Waals surface area contributed by atoms with E-state index in [9.17, 15) is 4.79 Å². The van der Waals surface area contributed by atoms with E-state index in [0.717, 1.165) is 32.5 Å². The molecular formula is C17H28N4O4. The first-order valence-electron chi connectivity index (χ1n) is 8.96. The third-order valence-electron chi connectivity index (χ3n) is 4.93. The Bertz CT molecular complexity index is 559. The van der Waals surface area contributed by atoms with Crippen molar-refractivity contribution in [1.29, 1.82) is 0 Å². The first-order chi connectivity index (χ1) is 12.2. The molecule has 2 fully saturated rings. The van der Waals surface area contributed by atoms with E-state index >= 15 is 0 Å². The van der Waals surface area contributed by atoms with Gasteiger partial charge in [-0.3, -0.25) is 9.48 Å². The summed E-state index contributed by atoms with van der Waals surface area (Å²) in [5.41, 5.74) is 5.67. The Morgan fingerprint density at radius 3 is 2.88 bits per heavy atom. The van der Waals surface area contributed by atoms with Crippen molar-refractivity contribution in [1.82, 2.24) is 14.7 Å². The molecule has 0 unspecified atom stereocenters. The number of methoxy groups -OCH3 is 1. The molecule has 2 saturated heterocycles. The molecule has 0 saturated carbocycles. The monoisotopic (exact) mass is 352 g/mol. The lowest BCUT2D eigenvalue weighted by Crippen LogP contribution is -2.39. The number of aromatic nitrogens is 2. The lowest BCUT2D eigenvalue weighted by Gasteiger charge is -2.26. The Hall–Kier alpha value is -1.64. The molecule has 0 spiro atoms. The number of hydrogen-bond donors (Lipinski definition) is 1. The first kappa shape index (κ1) is 18.2. The van der Waals surface area contributed by atoms with Gasteiger partial charge in [-0.15, -0.1) is 0 Å². The SMILES string of the molecule is CO[C@H]1C[C@@H](Cn2ccc(N)n2)N(C(=O)CCOC2CCOCC2)C1.